The van der Waals surface area contributed by atoms with E-state index in [4.69, 9.17) is 0 Å². The molecule has 0 aliphatic carbocycles. The third-order valence-corrected chi connectivity index (χ3v) is 6.48. The Morgan fingerprint density at radius 1 is 0.800 bits per heavy atom. The van der Waals surface area contributed by atoms with Crippen LogP contribution in [0.4, 0.5) is 0 Å². The monoisotopic (exact) mass is 470 g/mol. The van der Waals surface area contributed by atoms with Crippen molar-refractivity contribution in [3.8, 4) is 0 Å². The maximum atomic E-state index is 13.8. The number of carbonyl (C=O) groups is 2. The minimum atomic E-state index is -0.602. The first-order valence-corrected chi connectivity index (χ1v) is 12.5. The molecule has 1 unspecified atom stereocenters. The van der Waals surface area contributed by atoms with Crippen molar-refractivity contribution in [3.63, 3.8) is 0 Å². The van der Waals surface area contributed by atoms with Crippen molar-refractivity contribution in [2.45, 2.75) is 60.0 Å². The molecule has 0 fully saturated rings. The van der Waals surface area contributed by atoms with E-state index in [0.29, 0.717) is 25.4 Å². The van der Waals surface area contributed by atoms with Gasteiger partial charge in [-0.25, -0.2) is 0 Å². The molecule has 4 nitrogen and oxygen atoms in total. The molecule has 0 spiro atoms. The fourth-order valence-electron chi connectivity index (χ4n) is 4.14. The van der Waals surface area contributed by atoms with Crippen LogP contribution in [0.3, 0.4) is 0 Å². The molecule has 0 saturated carbocycles. The molecule has 0 aliphatic rings. The summed E-state index contributed by atoms with van der Waals surface area (Å²) in [6.45, 7) is 11.3. The van der Waals surface area contributed by atoms with Crippen molar-refractivity contribution < 1.29 is 9.59 Å². The molecule has 1 atom stereocenters. The standard InChI is InChI=1S/C31H38N2O2/c1-22(2)20-32-31(35)29(18-26-12-7-6-8-13-26)33(21-28-14-10-9-11-24(28)4)30(34)19-27-16-15-23(3)25(5)17-27/h6-17,22,29H,18-21H2,1-5H3,(H,32,35). The smallest absolute Gasteiger partial charge is 0.243 e. The number of aryl methyl sites for hydroxylation is 3. The molecular weight excluding hydrogens is 432 g/mol. The molecule has 1 N–H and O–H groups in total. The van der Waals surface area contributed by atoms with E-state index >= 15 is 0 Å². The van der Waals surface area contributed by atoms with Gasteiger partial charge in [0, 0.05) is 19.5 Å². The lowest BCUT2D eigenvalue weighted by atomic mass is 9.99. The van der Waals surface area contributed by atoms with Crippen LogP contribution in [0.15, 0.2) is 72.8 Å². The van der Waals surface area contributed by atoms with Gasteiger partial charge >= 0.3 is 0 Å². The topological polar surface area (TPSA) is 49.4 Å². The second kappa shape index (κ2) is 12.3. The minimum Gasteiger partial charge on any atom is -0.354 e. The normalized spacial score (nSPS) is 11.8. The Morgan fingerprint density at radius 2 is 1.49 bits per heavy atom. The molecule has 0 saturated heterocycles. The Labute approximate surface area is 210 Å². The maximum Gasteiger partial charge on any atom is 0.243 e. The summed E-state index contributed by atoms with van der Waals surface area (Å²) < 4.78 is 0. The van der Waals surface area contributed by atoms with E-state index in [1.807, 2.05) is 67.6 Å². The van der Waals surface area contributed by atoms with Gasteiger partial charge in [0.1, 0.15) is 6.04 Å². The van der Waals surface area contributed by atoms with Gasteiger partial charge < -0.3 is 10.2 Å². The Bertz CT molecular complexity index is 1140. The molecule has 35 heavy (non-hydrogen) atoms. The zero-order valence-electron chi connectivity index (χ0n) is 21.7. The molecule has 2 amide bonds. The van der Waals surface area contributed by atoms with Gasteiger partial charge in [0.05, 0.1) is 6.42 Å². The Balaban J connectivity index is 1.98. The minimum absolute atomic E-state index is 0.0443. The molecule has 184 valence electrons. The third kappa shape index (κ3) is 7.54. The lowest BCUT2D eigenvalue weighted by Crippen LogP contribution is -2.51. The molecule has 3 aromatic carbocycles. The van der Waals surface area contributed by atoms with Crippen molar-refractivity contribution in [1.82, 2.24) is 10.2 Å². The van der Waals surface area contributed by atoms with Crippen LogP contribution in [0.25, 0.3) is 0 Å². The van der Waals surface area contributed by atoms with Gasteiger partial charge in [-0.3, -0.25) is 9.59 Å². The first-order chi connectivity index (χ1) is 16.7. The van der Waals surface area contributed by atoms with E-state index < -0.39 is 6.04 Å². The number of hydrogen-bond acceptors (Lipinski definition) is 2. The highest BCUT2D eigenvalue weighted by Gasteiger charge is 2.30. The predicted molar refractivity (Wildman–Crippen MR) is 143 cm³/mol. The number of nitrogens with zero attached hydrogens (tertiary/aromatic N) is 1. The van der Waals surface area contributed by atoms with Crippen molar-refractivity contribution in [2.75, 3.05) is 6.54 Å². The zero-order chi connectivity index (χ0) is 25.4. The van der Waals surface area contributed by atoms with Crippen LogP contribution in [0.5, 0.6) is 0 Å². The molecule has 3 aromatic rings. The summed E-state index contributed by atoms with van der Waals surface area (Å²) in [5, 5.41) is 3.09. The van der Waals surface area contributed by atoms with E-state index in [1.54, 1.807) is 4.90 Å². The second-order valence-electron chi connectivity index (χ2n) is 9.89. The van der Waals surface area contributed by atoms with Gasteiger partial charge in [-0.05, 0) is 60.1 Å². The SMILES string of the molecule is Cc1ccc(CC(=O)N(Cc2ccccc2C)C(Cc2ccccc2)C(=O)NCC(C)C)cc1C. The Hall–Kier alpha value is -3.40. The van der Waals surface area contributed by atoms with Crippen LogP contribution in [0.1, 0.15) is 47.2 Å². The highest BCUT2D eigenvalue weighted by Crippen LogP contribution is 2.19. The van der Waals surface area contributed by atoms with Gasteiger partial charge in [0.25, 0.3) is 0 Å². The van der Waals surface area contributed by atoms with E-state index in [0.717, 1.165) is 27.8 Å². The molecule has 0 aromatic heterocycles. The zero-order valence-corrected chi connectivity index (χ0v) is 21.7. The summed E-state index contributed by atoms with van der Waals surface area (Å²) in [4.78, 5) is 29.1. The molecule has 0 aliphatic heterocycles. The number of carbonyl (C=O) groups excluding carboxylic acids is 2. The number of benzene rings is 3. The van der Waals surface area contributed by atoms with Crippen molar-refractivity contribution in [2.24, 2.45) is 5.92 Å². The van der Waals surface area contributed by atoms with Gasteiger partial charge in [0.2, 0.25) is 11.8 Å². The van der Waals surface area contributed by atoms with Crippen LogP contribution >= 0.6 is 0 Å². The highest BCUT2D eigenvalue weighted by atomic mass is 16.2. The number of hydrogen-bond donors (Lipinski definition) is 1. The van der Waals surface area contributed by atoms with Crippen LogP contribution in [0, 0.1) is 26.7 Å². The van der Waals surface area contributed by atoms with Crippen LogP contribution in [-0.4, -0.2) is 29.3 Å². The first-order valence-electron chi connectivity index (χ1n) is 12.5. The third-order valence-electron chi connectivity index (χ3n) is 6.48. The second-order valence-corrected chi connectivity index (χ2v) is 9.89. The molecular formula is C31H38N2O2. The van der Waals surface area contributed by atoms with Gasteiger partial charge in [-0.2, -0.15) is 0 Å². The van der Waals surface area contributed by atoms with Crippen molar-refractivity contribution >= 4 is 11.8 Å². The van der Waals surface area contributed by atoms with E-state index in [2.05, 4.69) is 45.1 Å². The largest absolute Gasteiger partial charge is 0.354 e. The molecule has 0 bridgehead atoms. The van der Waals surface area contributed by atoms with Gasteiger partial charge in [-0.15, -0.1) is 0 Å². The summed E-state index contributed by atoms with van der Waals surface area (Å²) in [5.41, 5.74) is 6.53. The molecule has 0 radical (unpaired) electrons. The number of amides is 2. The van der Waals surface area contributed by atoms with Crippen LogP contribution in [0.2, 0.25) is 0 Å². The first kappa shape index (κ1) is 26.2. The summed E-state index contributed by atoms with van der Waals surface area (Å²) in [6.07, 6.45) is 0.727. The Kier molecular flexibility index (Phi) is 9.25. The summed E-state index contributed by atoms with van der Waals surface area (Å²) >= 11 is 0. The Morgan fingerprint density at radius 3 is 2.14 bits per heavy atom. The van der Waals surface area contributed by atoms with E-state index in [9.17, 15) is 9.59 Å². The average molecular weight is 471 g/mol. The summed E-state index contributed by atoms with van der Waals surface area (Å²) in [6, 6.07) is 23.6. The molecule has 4 heteroatoms. The number of rotatable bonds is 10. The van der Waals surface area contributed by atoms with Crippen LogP contribution < -0.4 is 5.32 Å². The highest BCUT2D eigenvalue weighted by molar-refractivity contribution is 5.88. The predicted octanol–water partition coefficient (Wildman–Crippen LogP) is 5.57. The quantitative estimate of drug-likeness (QED) is 0.421. The van der Waals surface area contributed by atoms with Gasteiger partial charge in [-0.1, -0.05) is 86.6 Å². The van der Waals surface area contributed by atoms with E-state index in [1.165, 1.54) is 5.56 Å². The fourth-order valence-corrected chi connectivity index (χ4v) is 4.14. The van der Waals surface area contributed by atoms with E-state index in [-0.39, 0.29) is 18.2 Å². The lowest BCUT2D eigenvalue weighted by molar-refractivity contribution is -0.140. The summed E-state index contributed by atoms with van der Waals surface area (Å²) in [7, 11) is 0. The fraction of sp³-hybridized carbons (Fsp3) is 0.355. The van der Waals surface area contributed by atoms with Crippen LogP contribution in [-0.2, 0) is 29.0 Å². The lowest BCUT2D eigenvalue weighted by Gasteiger charge is -2.32. The average Bonchev–Trinajstić information content (AvgIpc) is 2.83. The number of nitrogens with one attached hydrogen (secondary N) is 1. The molecule has 3 rings (SSSR count). The summed E-state index contributed by atoms with van der Waals surface area (Å²) in [5.74, 6) is 0.175. The molecule has 0 heterocycles. The van der Waals surface area contributed by atoms with Gasteiger partial charge in [0.15, 0.2) is 0 Å². The van der Waals surface area contributed by atoms with Crippen molar-refractivity contribution in [3.05, 3.63) is 106 Å². The maximum absolute atomic E-state index is 13.8. The van der Waals surface area contributed by atoms with Crippen molar-refractivity contribution in [1.29, 1.82) is 0 Å².